The molecule has 0 saturated carbocycles. The molecule has 2 N–H and O–H groups in total. The molecule has 0 fully saturated rings. The highest BCUT2D eigenvalue weighted by atomic mass is 16.5. The third kappa shape index (κ3) is 7.74. The lowest BCUT2D eigenvalue weighted by molar-refractivity contribution is -0.139. The first-order valence-electron chi connectivity index (χ1n) is 4.39. The molecule has 0 aromatic heterocycles. The number of hydrogen-bond acceptors (Lipinski definition) is 3. The average molecular weight is 189 g/mol. The molecule has 0 aliphatic rings. The van der Waals surface area contributed by atoms with Gasteiger partial charge < -0.3 is 15.2 Å². The standard InChI is InChI=1S/C9H19NO3/c1-9(2,6-8(11)12)7-10-4-5-13-3/h10H,4-7H2,1-3H3,(H,11,12). The first kappa shape index (κ1) is 12.4. The monoisotopic (exact) mass is 189 g/mol. The van der Waals surface area contributed by atoms with Gasteiger partial charge in [-0.1, -0.05) is 13.8 Å². The van der Waals surface area contributed by atoms with E-state index in [0.717, 1.165) is 6.54 Å². The molecule has 0 aromatic carbocycles. The van der Waals surface area contributed by atoms with Gasteiger partial charge in [-0.3, -0.25) is 4.79 Å². The number of carbonyl (C=O) groups is 1. The minimum Gasteiger partial charge on any atom is -0.481 e. The Balaban J connectivity index is 3.56. The third-order valence-electron chi connectivity index (χ3n) is 1.72. The Labute approximate surface area is 79.3 Å². The Morgan fingerprint density at radius 1 is 1.54 bits per heavy atom. The van der Waals surface area contributed by atoms with Gasteiger partial charge in [0, 0.05) is 20.2 Å². The second kappa shape index (κ2) is 5.94. The summed E-state index contributed by atoms with van der Waals surface area (Å²) in [7, 11) is 1.64. The number of ether oxygens (including phenoxy) is 1. The molecule has 78 valence electrons. The lowest BCUT2D eigenvalue weighted by Gasteiger charge is -2.22. The summed E-state index contributed by atoms with van der Waals surface area (Å²) < 4.78 is 4.86. The summed E-state index contributed by atoms with van der Waals surface area (Å²) in [5.74, 6) is -0.751. The smallest absolute Gasteiger partial charge is 0.303 e. The number of rotatable bonds is 7. The van der Waals surface area contributed by atoms with Crippen LogP contribution in [0, 0.1) is 5.41 Å². The molecular formula is C9H19NO3. The quantitative estimate of drug-likeness (QED) is 0.579. The predicted molar refractivity (Wildman–Crippen MR) is 50.8 cm³/mol. The highest BCUT2D eigenvalue weighted by Gasteiger charge is 2.20. The Kier molecular flexibility index (Phi) is 5.66. The van der Waals surface area contributed by atoms with Gasteiger partial charge in [-0.15, -0.1) is 0 Å². The van der Waals surface area contributed by atoms with Crippen LogP contribution in [0.5, 0.6) is 0 Å². The van der Waals surface area contributed by atoms with Gasteiger partial charge in [-0.05, 0) is 5.41 Å². The first-order valence-corrected chi connectivity index (χ1v) is 4.39. The van der Waals surface area contributed by atoms with Crippen molar-refractivity contribution >= 4 is 5.97 Å². The molecule has 13 heavy (non-hydrogen) atoms. The highest BCUT2D eigenvalue weighted by Crippen LogP contribution is 2.18. The summed E-state index contributed by atoms with van der Waals surface area (Å²) in [6.07, 6.45) is 0.187. The Bertz CT molecular complexity index is 157. The predicted octanol–water partition coefficient (Wildman–Crippen LogP) is 0.723. The summed E-state index contributed by atoms with van der Waals surface area (Å²) in [6, 6.07) is 0. The number of carboxylic acid groups (broad SMARTS) is 1. The second-order valence-corrected chi connectivity index (χ2v) is 3.90. The Morgan fingerprint density at radius 2 is 2.15 bits per heavy atom. The van der Waals surface area contributed by atoms with Crippen molar-refractivity contribution in [3.8, 4) is 0 Å². The van der Waals surface area contributed by atoms with Gasteiger partial charge in [0.2, 0.25) is 0 Å². The van der Waals surface area contributed by atoms with Gasteiger partial charge in [0.1, 0.15) is 0 Å². The molecule has 4 nitrogen and oxygen atoms in total. The summed E-state index contributed by atoms with van der Waals surface area (Å²) in [4.78, 5) is 10.5. The van der Waals surface area contributed by atoms with E-state index in [4.69, 9.17) is 9.84 Å². The topological polar surface area (TPSA) is 58.6 Å². The molecule has 0 bridgehead atoms. The van der Waals surface area contributed by atoms with E-state index in [9.17, 15) is 4.79 Å². The lowest BCUT2D eigenvalue weighted by atomic mass is 9.89. The molecule has 0 aliphatic carbocycles. The molecule has 0 radical (unpaired) electrons. The molecule has 0 heterocycles. The molecule has 0 atom stereocenters. The maximum absolute atomic E-state index is 10.5. The molecule has 4 heteroatoms. The van der Waals surface area contributed by atoms with Gasteiger partial charge in [0.15, 0.2) is 0 Å². The number of aliphatic carboxylic acids is 1. The fraction of sp³-hybridized carbons (Fsp3) is 0.889. The maximum atomic E-state index is 10.5. The number of methoxy groups -OCH3 is 1. The van der Waals surface area contributed by atoms with Crippen molar-refractivity contribution in [2.45, 2.75) is 20.3 Å². The summed E-state index contributed by atoms with van der Waals surface area (Å²) in [6.45, 7) is 5.98. The van der Waals surface area contributed by atoms with Crippen molar-refractivity contribution in [3.05, 3.63) is 0 Å². The molecule has 0 spiro atoms. The molecular weight excluding hydrogens is 170 g/mol. The third-order valence-corrected chi connectivity index (χ3v) is 1.72. The Hall–Kier alpha value is -0.610. The van der Waals surface area contributed by atoms with Crippen LogP contribution in [-0.4, -0.2) is 37.9 Å². The summed E-state index contributed by atoms with van der Waals surface area (Å²) in [5.41, 5.74) is -0.195. The summed E-state index contributed by atoms with van der Waals surface area (Å²) in [5, 5.41) is 11.7. The average Bonchev–Trinajstić information content (AvgIpc) is 1.95. The van der Waals surface area contributed by atoms with E-state index in [1.807, 2.05) is 13.8 Å². The van der Waals surface area contributed by atoms with Gasteiger partial charge in [-0.25, -0.2) is 0 Å². The van der Waals surface area contributed by atoms with Crippen LogP contribution in [0.25, 0.3) is 0 Å². The van der Waals surface area contributed by atoms with Crippen LogP contribution in [0.2, 0.25) is 0 Å². The molecule has 0 amide bonds. The maximum Gasteiger partial charge on any atom is 0.303 e. The fourth-order valence-electron chi connectivity index (χ4n) is 1.07. The van der Waals surface area contributed by atoms with Gasteiger partial charge in [0.05, 0.1) is 13.0 Å². The van der Waals surface area contributed by atoms with E-state index in [1.165, 1.54) is 0 Å². The van der Waals surface area contributed by atoms with Crippen LogP contribution in [0.1, 0.15) is 20.3 Å². The lowest BCUT2D eigenvalue weighted by Crippen LogP contribution is -2.33. The van der Waals surface area contributed by atoms with Crippen molar-refractivity contribution < 1.29 is 14.6 Å². The molecule has 0 aliphatic heterocycles. The summed E-state index contributed by atoms with van der Waals surface area (Å²) >= 11 is 0. The van der Waals surface area contributed by atoms with Crippen molar-refractivity contribution in [2.24, 2.45) is 5.41 Å². The molecule has 0 unspecified atom stereocenters. The number of nitrogens with one attached hydrogen (secondary N) is 1. The van der Waals surface area contributed by atoms with Crippen LogP contribution >= 0.6 is 0 Å². The minimum atomic E-state index is -0.751. The molecule has 0 rings (SSSR count). The highest BCUT2D eigenvalue weighted by molar-refractivity contribution is 5.67. The Morgan fingerprint density at radius 3 is 2.62 bits per heavy atom. The van der Waals surface area contributed by atoms with E-state index in [-0.39, 0.29) is 11.8 Å². The van der Waals surface area contributed by atoms with E-state index in [0.29, 0.717) is 13.2 Å². The molecule has 0 aromatic rings. The minimum absolute atomic E-state index is 0.187. The zero-order valence-corrected chi connectivity index (χ0v) is 8.59. The zero-order valence-electron chi connectivity index (χ0n) is 8.59. The van der Waals surface area contributed by atoms with Crippen LogP contribution in [0.4, 0.5) is 0 Å². The van der Waals surface area contributed by atoms with E-state index < -0.39 is 5.97 Å². The van der Waals surface area contributed by atoms with Gasteiger partial charge in [-0.2, -0.15) is 0 Å². The largest absolute Gasteiger partial charge is 0.481 e. The van der Waals surface area contributed by atoms with Crippen LogP contribution in [-0.2, 0) is 9.53 Å². The van der Waals surface area contributed by atoms with Gasteiger partial charge in [0.25, 0.3) is 0 Å². The fourth-order valence-corrected chi connectivity index (χ4v) is 1.07. The SMILES string of the molecule is COCCNCC(C)(C)CC(=O)O. The second-order valence-electron chi connectivity index (χ2n) is 3.90. The van der Waals surface area contributed by atoms with E-state index in [1.54, 1.807) is 7.11 Å². The van der Waals surface area contributed by atoms with Crippen molar-refractivity contribution in [1.82, 2.24) is 5.32 Å². The van der Waals surface area contributed by atoms with Crippen LogP contribution in [0.3, 0.4) is 0 Å². The zero-order chi connectivity index (χ0) is 10.3. The van der Waals surface area contributed by atoms with Crippen molar-refractivity contribution in [2.75, 3.05) is 26.8 Å². The van der Waals surface area contributed by atoms with Crippen LogP contribution < -0.4 is 5.32 Å². The van der Waals surface area contributed by atoms with Gasteiger partial charge >= 0.3 is 5.97 Å². The first-order chi connectivity index (χ1) is 5.98. The number of carboxylic acids is 1. The molecule has 0 saturated heterocycles. The van der Waals surface area contributed by atoms with E-state index >= 15 is 0 Å². The van der Waals surface area contributed by atoms with Crippen LogP contribution in [0.15, 0.2) is 0 Å². The number of hydrogen-bond donors (Lipinski definition) is 2. The van der Waals surface area contributed by atoms with Crippen molar-refractivity contribution in [3.63, 3.8) is 0 Å². The van der Waals surface area contributed by atoms with E-state index in [2.05, 4.69) is 5.32 Å². The normalized spacial score (nSPS) is 11.6. The van der Waals surface area contributed by atoms with Crippen molar-refractivity contribution in [1.29, 1.82) is 0 Å².